The maximum Gasteiger partial charge on any atom is 0.149 e. The lowest BCUT2D eigenvalue weighted by atomic mass is 9.92. The van der Waals surface area contributed by atoms with Crippen molar-refractivity contribution in [2.75, 3.05) is 23.7 Å². The molecule has 0 atom stereocenters. The predicted molar refractivity (Wildman–Crippen MR) is 92.2 cm³/mol. The Hall–Kier alpha value is -1.14. The van der Waals surface area contributed by atoms with Gasteiger partial charge in [-0.2, -0.15) is 4.37 Å². The van der Waals surface area contributed by atoms with Crippen molar-refractivity contribution in [2.24, 2.45) is 5.92 Å². The van der Waals surface area contributed by atoms with Crippen LogP contribution < -0.4 is 10.6 Å². The summed E-state index contributed by atoms with van der Waals surface area (Å²) in [4.78, 5) is 7.04. The molecule has 0 aliphatic carbocycles. The number of thiazole rings is 1. The Morgan fingerprint density at radius 2 is 2.14 bits per heavy atom. The summed E-state index contributed by atoms with van der Waals surface area (Å²) >= 11 is 3.18. The number of hydrogen-bond acceptors (Lipinski definition) is 6. The third-order valence-electron chi connectivity index (χ3n) is 4.13. The molecular weight excluding hydrogens is 300 g/mol. The molecule has 21 heavy (non-hydrogen) atoms. The van der Waals surface area contributed by atoms with E-state index in [1.807, 2.05) is 6.92 Å². The topological polar surface area (TPSA) is 55.0 Å². The summed E-state index contributed by atoms with van der Waals surface area (Å²) in [5.41, 5.74) is 8.20. The Balaban J connectivity index is 1.81. The zero-order chi connectivity index (χ0) is 14.8. The first-order chi connectivity index (χ1) is 10.2. The molecule has 0 aromatic carbocycles. The Labute approximate surface area is 134 Å². The lowest BCUT2D eigenvalue weighted by molar-refractivity contribution is 0.379. The molecule has 3 rings (SSSR count). The van der Waals surface area contributed by atoms with Crippen LogP contribution in [0.3, 0.4) is 0 Å². The van der Waals surface area contributed by atoms with Gasteiger partial charge in [-0.3, -0.25) is 0 Å². The highest BCUT2D eigenvalue weighted by Gasteiger charge is 2.25. The van der Waals surface area contributed by atoms with E-state index < -0.39 is 0 Å². The maximum atomic E-state index is 6.10. The molecule has 0 saturated carbocycles. The van der Waals surface area contributed by atoms with E-state index in [-0.39, 0.29) is 0 Å². The van der Waals surface area contributed by atoms with Gasteiger partial charge in [0.05, 0.1) is 5.56 Å². The zero-order valence-electron chi connectivity index (χ0n) is 12.6. The first kappa shape index (κ1) is 14.8. The van der Waals surface area contributed by atoms with E-state index in [1.54, 1.807) is 11.3 Å². The van der Waals surface area contributed by atoms with Crippen LogP contribution in [0, 0.1) is 12.8 Å². The van der Waals surface area contributed by atoms with Gasteiger partial charge in [0.1, 0.15) is 15.8 Å². The zero-order valence-corrected chi connectivity index (χ0v) is 14.3. The van der Waals surface area contributed by atoms with E-state index in [1.165, 1.54) is 42.2 Å². The average molecular weight is 323 g/mol. The van der Waals surface area contributed by atoms with E-state index >= 15 is 0 Å². The number of rotatable bonds is 4. The molecule has 0 radical (unpaired) electrons. The first-order valence-electron chi connectivity index (χ1n) is 7.61. The van der Waals surface area contributed by atoms with Crippen LogP contribution in [0.1, 0.15) is 38.3 Å². The summed E-state index contributed by atoms with van der Waals surface area (Å²) < 4.78 is 4.38. The van der Waals surface area contributed by atoms with Gasteiger partial charge in [-0.1, -0.05) is 19.8 Å². The van der Waals surface area contributed by atoms with Gasteiger partial charge in [0.25, 0.3) is 0 Å². The maximum absolute atomic E-state index is 6.10. The van der Waals surface area contributed by atoms with Crippen molar-refractivity contribution < 1.29 is 0 Å². The number of piperidine rings is 1. The third kappa shape index (κ3) is 3.06. The Morgan fingerprint density at radius 3 is 2.76 bits per heavy atom. The van der Waals surface area contributed by atoms with Gasteiger partial charge in [0.15, 0.2) is 0 Å². The van der Waals surface area contributed by atoms with Gasteiger partial charge in [0, 0.05) is 24.2 Å². The fraction of sp³-hybridized carbons (Fsp3) is 0.600. The number of aryl methyl sites for hydroxylation is 1. The second kappa shape index (κ2) is 6.32. The average Bonchev–Trinajstić information content (AvgIpc) is 3.06. The molecule has 0 spiro atoms. The van der Waals surface area contributed by atoms with Crippen LogP contribution >= 0.6 is 22.9 Å². The van der Waals surface area contributed by atoms with E-state index in [0.29, 0.717) is 5.82 Å². The first-order valence-corrected chi connectivity index (χ1v) is 9.27. The Kier molecular flexibility index (Phi) is 4.45. The lowest BCUT2D eigenvalue weighted by Gasteiger charge is -2.32. The molecular formula is C15H22N4S2. The van der Waals surface area contributed by atoms with Crippen molar-refractivity contribution in [3.63, 3.8) is 0 Å². The fourth-order valence-corrected chi connectivity index (χ4v) is 4.79. The van der Waals surface area contributed by atoms with Gasteiger partial charge in [0.2, 0.25) is 0 Å². The molecule has 6 heteroatoms. The van der Waals surface area contributed by atoms with Gasteiger partial charge >= 0.3 is 0 Å². The largest absolute Gasteiger partial charge is 0.382 e. The quantitative estimate of drug-likeness (QED) is 0.917. The minimum atomic E-state index is 0.625. The molecule has 0 amide bonds. The van der Waals surface area contributed by atoms with Crippen molar-refractivity contribution in [1.82, 2.24) is 9.36 Å². The lowest BCUT2D eigenvalue weighted by Crippen LogP contribution is -2.33. The number of nitrogens with two attached hydrogens (primary N) is 1. The number of aromatic nitrogens is 2. The van der Waals surface area contributed by atoms with Crippen LogP contribution in [0.15, 0.2) is 5.38 Å². The van der Waals surface area contributed by atoms with E-state index in [4.69, 9.17) is 5.73 Å². The third-order valence-corrected chi connectivity index (χ3v) is 6.03. The van der Waals surface area contributed by atoms with Crippen molar-refractivity contribution >= 4 is 33.7 Å². The summed E-state index contributed by atoms with van der Waals surface area (Å²) in [6, 6.07) is 0. The standard InChI is InChI=1S/C15H22N4S2/c1-3-4-11-5-7-19(8-6-11)15-12(13(16)18-21-15)14-17-10(2)9-20-14/h9,11H,3-8H2,1-2H3,(H2,16,18). The summed E-state index contributed by atoms with van der Waals surface area (Å²) in [5, 5.41) is 4.28. The molecule has 2 N–H and O–H groups in total. The highest BCUT2D eigenvalue weighted by molar-refractivity contribution is 7.15. The molecule has 4 nitrogen and oxygen atoms in total. The minimum absolute atomic E-state index is 0.625. The van der Waals surface area contributed by atoms with Crippen LogP contribution in [0.2, 0.25) is 0 Å². The van der Waals surface area contributed by atoms with Crippen LogP contribution in [-0.4, -0.2) is 22.4 Å². The second-order valence-corrected chi connectivity index (χ2v) is 7.37. The number of hydrogen-bond donors (Lipinski definition) is 1. The van der Waals surface area contributed by atoms with Gasteiger partial charge in [-0.25, -0.2) is 4.98 Å². The Morgan fingerprint density at radius 1 is 1.38 bits per heavy atom. The second-order valence-electron chi connectivity index (χ2n) is 5.76. The van der Waals surface area contributed by atoms with Gasteiger partial charge in [-0.05, 0) is 37.2 Å². The van der Waals surface area contributed by atoms with Crippen LogP contribution in [0.4, 0.5) is 10.8 Å². The molecule has 3 heterocycles. The van der Waals surface area contributed by atoms with Gasteiger partial charge < -0.3 is 10.6 Å². The van der Waals surface area contributed by atoms with E-state index in [9.17, 15) is 0 Å². The molecule has 1 aliphatic rings. The smallest absolute Gasteiger partial charge is 0.149 e. The minimum Gasteiger partial charge on any atom is -0.382 e. The number of anilines is 2. The summed E-state index contributed by atoms with van der Waals surface area (Å²) in [6.45, 7) is 6.53. The van der Waals surface area contributed by atoms with E-state index in [0.717, 1.165) is 35.3 Å². The fourth-order valence-electron chi connectivity index (χ4n) is 3.01. The Bertz CT molecular complexity index is 597. The monoisotopic (exact) mass is 322 g/mol. The highest BCUT2D eigenvalue weighted by atomic mass is 32.1. The molecule has 0 bridgehead atoms. The van der Waals surface area contributed by atoms with Crippen LogP contribution in [-0.2, 0) is 0 Å². The predicted octanol–water partition coefficient (Wildman–Crippen LogP) is 4.17. The van der Waals surface area contributed by atoms with Gasteiger partial charge in [-0.15, -0.1) is 11.3 Å². The molecule has 1 saturated heterocycles. The summed E-state index contributed by atoms with van der Waals surface area (Å²) in [6.07, 6.45) is 5.21. The molecule has 0 unspecified atom stereocenters. The van der Waals surface area contributed by atoms with Crippen molar-refractivity contribution in [2.45, 2.75) is 39.5 Å². The molecule has 1 aliphatic heterocycles. The number of nitrogens with zero attached hydrogens (tertiary/aromatic N) is 3. The van der Waals surface area contributed by atoms with Crippen molar-refractivity contribution in [1.29, 1.82) is 0 Å². The summed E-state index contributed by atoms with van der Waals surface area (Å²) in [5.74, 6) is 1.52. The van der Waals surface area contributed by atoms with Crippen LogP contribution in [0.25, 0.3) is 10.6 Å². The molecule has 114 valence electrons. The molecule has 2 aromatic rings. The van der Waals surface area contributed by atoms with Crippen molar-refractivity contribution in [3.8, 4) is 10.6 Å². The summed E-state index contributed by atoms with van der Waals surface area (Å²) in [7, 11) is 0. The highest BCUT2D eigenvalue weighted by Crippen LogP contribution is 2.42. The molecule has 2 aromatic heterocycles. The molecule has 1 fully saturated rings. The van der Waals surface area contributed by atoms with Crippen LogP contribution in [0.5, 0.6) is 0 Å². The SMILES string of the molecule is CCCC1CCN(c2snc(N)c2-c2nc(C)cs2)CC1. The normalized spacial score (nSPS) is 16.6. The number of nitrogen functional groups attached to an aromatic ring is 1. The van der Waals surface area contributed by atoms with Crippen molar-refractivity contribution in [3.05, 3.63) is 11.1 Å². The van der Waals surface area contributed by atoms with E-state index in [2.05, 4.69) is 26.6 Å².